The third kappa shape index (κ3) is 3.96. The van der Waals surface area contributed by atoms with Gasteiger partial charge in [0.05, 0.1) is 6.10 Å². The van der Waals surface area contributed by atoms with Gasteiger partial charge < -0.3 is 15.0 Å². The van der Waals surface area contributed by atoms with Gasteiger partial charge in [-0.05, 0) is 31.3 Å². The molecule has 5 nitrogen and oxygen atoms in total. The minimum Gasteiger partial charge on any atom is -0.491 e. The Labute approximate surface area is 122 Å². The molecule has 1 unspecified atom stereocenters. The summed E-state index contributed by atoms with van der Waals surface area (Å²) < 4.78 is 7.47. The number of para-hydroxylation sites is 1. The SMILES string of the molecule is CC(CCNC(=O)n1cc[nH]c1=S)Oc1ccccc1. The number of amides is 1. The number of hydrogen-bond acceptors (Lipinski definition) is 3. The van der Waals surface area contributed by atoms with Crippen LogP contribution in [0, 0.1) is 4.77 Å². The molecule has 0 fully saturated rings. The summed E-state index contributed by atoms with van der Waals surface area (Å²) in [7, 11) is 0. The first-order chi connectivity index (χ1) is 9.66. The molecule has 1 aromatic heterocycles. The maximum Gasteiger partial charge on any atom is 0.327 e. The van der Waals surface area contributed by atoms with Crippen molar-refractivity contribution in [1.82, 2.24) is 14.9 Å². The fourth-order valence-corrected chi connectivity index (χ4v) is 1.95. The Kier molecular flexibility index (Phi) is 4.95. The van der Waals surface area contributed by atoms with E-state index < -0.39 is 0 Å². The van der Waals surface area contributed by atoms with Crippen molar-refractivity contribution in [1.29, 1.82) is 0 Å². The molecule has 0 aliphatic carbocycles. The highest BCUT2D eigenvalue weighted by molar-refractivity contribution is 7.71. The summed E-state index contributed by atoms with van der Waals surface area (Å²) in [4.78, 5) is 14.6. The van der Waals surface area contributed by atoms with Crippen molar-refractivity contribution in [3.8, 4) is 5.75 Å². The molecule has 106 valence electrons. The predicted octanol–water partition coefficient (Wildman–Crippen LogP) is 2.96. The molecule has 0 aliphatic heterocycles. The maximum atomic E-state index is 11.8. The Balaban J connectivity index is 1.74. The number of imidazole rings is 1. The summed E-state index contributed by atoms with van der Waals surface area (Å²) in [6, 6.07) is 9.39. The maximum absolute atomic E-state index is 11.8. The van der Waals surface area contributed by atoms with Crippen LogP contribution in [0.25, 0.3) is 0 Å². The van der Waals surface area contributed by atoms with Gasteiger partial charge >= 0.3 is 6.03 Å². The molecule has 2 N–H and O–H groups in total. The number of hydrogen-bond donors (Lipinski definition) is 2. The lowest BCUT2D eigenvalue weighted by Gasteiger charge is -2.14. The van der Waals surface area contributed by atoms with Gasteiger partial charge in [-0.25, -0.2) is 9.36 Å². The van der Waals surface area contributed by atoms with E-state index in [1.165, 1.54) is 4.57 Å². The fraction of sp³-hybridized carbons (Fsp3) is 0.286. The third-order valence-electron chi connectivity index (χ3n) is 2.78. The Morgan fingerprint density at radius 2 is 2.20 bits per heavy atom. The van der Waals surface area contributed by atoms with Crippen LogP contribution < -0.4 is 10.1 Å². The lowest BCUT2D eigenvalue weighted by Crippen LogP contribution is -2.31. The smallest absolute Gasteiger partial charge is 0.327 e. The van der Waals surface area contributed by atoms with Crippen LogP contribution >= 0.6 is 12.2 Å². The van der Waals surface area contributed by atoms with E-state index in [0.29, 0.717) is 11.3 Å². The molecule has 1 aromatic carbocycles. The van der Waals surface area contributed by atoms with Crippen molar-refractivity contribution < 1.29 is 9.53 Å². The Bertz CT molecular complexity index is 606. The van der Waals surface area contributed by atoms with Gasteiger partial charge in [0.15, 0.2) is 4.77 Å². The molecule has 1 heterocycles. The lowest BCUT2D eigenvalue weighted by molar-refractivity contribution is 0.207. The van der Waals surface area contributed by atoms with Crippen LogP contribution in [-0.2, 0) is 0 Å². The van der Waals surface area contributed by atoms with E-state index >= 15 is 0 Å². The number of rotatable bonds is 5. The molecule has 0 bridgehead atoms. The van der Waals surface area contributed by atoms with Gasteiger partial charge in [0.2, 0.25) is 0 Å². The van der Waals surface area contributed by atoms with Crippen molar-refractivity contribution in [2.75, 3.05) is 6.54 Å². The fourth-order valence-electron chi connectivity index (χ4n) is 1.74. The number of aromatic nitrogens is 2. The highest BCUT2D eigenvalue weighted by Gasteiger charge is 2.07. The van der Waals surface area contributed by atoms with Crippen LogP contribution in [-0.4, -0.2) is 28.2 Å². The molecular formula is C14H17N3O2S. The minimum atomic E-state index is -0.233. The van der Waals surface area contributed by atoms with E-state index in [-0.39, 0.29) is 12.1 Å². The quantitative estimate of drug-likeness (QED) is 0.833. The van der Waals surface area contributed by atoms with Gasteiger partial charge in [-0.2, -0.15) is 0 Å². The summed E-state index contributed by atoms with van der Waals surface area (Å²) in [5.41, 5.74) is 0. The van der Waals surface area contributed by atoms with Crippen LogP contribution in [0.5, 0.6) is 5.75 Å². The topological polar surface area (TPSA) is 59.0 Å². The van der Waals surface area contributed by atoms with E-state index in [0.717, 1.165) is 12.2 Å². The standard InChI is InChI=1S/C14H17N3O2S/c1-11(19-12-5-3-2-4-6-12)7-8-15-13(18)17-10-9-16-14(17)20/h2-6,9-11H,7-8H2,1H3,(H,15,18)(H,16,20). The van der Waals surface area contributed by atoms with Crippen molar-refractivity contribution in [3.63, 3.8) is 0 Å². The number of carbonyl (C=O) groups excluding carboxylic acids is 1. The Hall–Kier alpha value is -2.08. The highest BCUT2D eigenvalue weighted by Crippen LogP contribution is 2.11. The number of ether oxygens (including phenoxy) is 1. The first-order valence-electron chi connectivity index (χ1n) is 6.43. The summed E-state index contributed by atoms with van der Waals surface area (Å²) in [6.45, 7) is 2.50. The molecule has 0 saturated carbocycles. The molecule has 0 radical (unpaired) electrons. The third-order valence-corrected chi connectivity index (χ3v) is 3.09. The summed E-state index contributed by atoms with van der Waals surface area (Å²) >= 11 is 4.97. The Morgan fingerprint density at radius 1 is 1.45 bits per heavy atom. The second-order valence-corrected chi connectivity index (χ2v) is 4.78. The normalized spacial score (nSPS) is 11.8. The molecule has 0 spiro atoms. The number of benzene rings is 1. The molecule has 2 rings (SSSR count). The van der Waals surface area contributed by atoms with Gasteiger partial charge in [0, 0.05) is 25.4 Å². The largest absolute Gasteiger partial charge is 0.491 e. The molecule has 6 heteroatoms. The molecule has 0 saturated heterocycles. The van der Waals surface area contributed by atoms with E-state index in [1.54, 1.807) is 12.4 Å². The van der Waals surface area contributed by atoms with Crippen LogP contribution in [0.4, 0.5) is 4.79 Å². The first kappa shape index (κ1) is 14.3. The molecule has 1 amide bonds. The summed E-state index contributed by atoms with van der Waals surface area (Å²) in [5.74, 6) is 0.833. The molecule has 2 aromatic rings. The molecule has 0 aliphatic rings. The predicted molar refractivity (Wildman–Crippen MR) is 79.6 cm³/mol. The number of H-pyrrole nitrogens is 1. The van der Waals surface area contributed by atoms with E-state index in [4.69, 9.17) is 17.0 Å². The van der Waals surface area contributed by atoms with Crippen LogP contribution in [0.2, 0.25) is 0 Å². The Morgan fingerprint density at radius 3 is 2.85 bits per heavy atom. The van der Waals surface area contributed by atoms with Crippen molar-refractivity contribution in [3.05, 3.63) is 47.5 Å². The van der Waals surface area contributed by atoms with Crippen LogP contribution in [0.15, 0.2) is 42.7 Å². The van der Waals surface area contributed by atoms with Crippen molar-refractivity contribution in [2.45, 2.75) is 19.4 Å². The zero-order valence-corrected chi connectivity index (χ0v) is 12.0. The number of nitrogens with zero attached hydrogens (tertiary/aromatic N) is 1. The van der Waals surface area contributed by atoms with Gasteiger partial charge in [-0.15, -0.1) is 0 Å². The van der Waals surface area contributed by atoms with E-state index in [1.807, 2.05) is 37.3 Å². The van der Waals surface area contributed by atoms with Gasteiger partial charge in [0.25, 0.3) is 0 Å². The van der Waals surface area contributed by atoms with Gasteiger partial charge in [0.1, 0.15) is 5.75 Å². The minimum absolute atomic E-state index is 0.0249. The number of nitrogens with one attached hydrogen (secondary N) is 2. The number of aromatic amines is 1. The molecule has 1 atom stereocenters. The second kappa shape index (κ2) is 6.91. The summed E-state index contributed by atoms with van der Waals surface area (Å²) in [5, 5.41) is 2.80. The van der Waals surface area contributed by atoms with Crippen molar-refractivity contribution in [2.24, 2.45) is 0 Å². The van der Waals surface area contributed by atoms with E-state index in [9.17, 15) is 4.79 Å². The van der Waals surface area contributed by atoms with Crippen molar-refractivity contribution >= 4 is 18.2 Å². The molecule has 20 heavy (non-hydrogen) atoms. The zero-order chi connectivity index (χ0) is 14.4. The average Bonchev–Trinajstić information content (AvgIpc) is 2.86. The molecular weight excluding hydrogens is 274 g/mol. The van der Waals surface area contributed by atoms with Gasteiger partial charge in [-0.3, -0.25) is 0 Å². The summed E-state index contributed by atoms with van der Waals surface area (Å²) in [6.07, 6.45) is 3.97. The highest BCUT2D eigenvalue weighted by atomic mass is 32.1. The second-order valence-electron chi connectivity index (χ2n) is 4.40. The van der Waals surface area contributed by atoms with Crippen LogP contribution in [0.1, 0.15) is 13.3 Å². The first-order valence-corrected chi connectivity index (χ1v) is 6.83. The lowest BCUT2D eigenvalue weighted by atomic mass is 10.2. The monoisotopic (exact) mass is 291 g/mol. The van der Waals surface area contributed by atoms with E-state index in [2.05, 4.69) is 10.3 Å². The van der Waals surface area contributed by atoms with Gasteiger partial charge in [-0.1, -0.05) is 18.2 Å². The van der Waals surface area contributed by atoms with Crippen LogP contribution in [0.3, 0.4) is 0 Å². The number of carbonyl (C=O) groups is 1. The zero-order valence-electron chi connectivity index (χ0n) is 11.2. The average molecular weight is 291 g/mol.